The minimum atomic E-state index is -0.351. The average Bonchev–Trinajstić information content (AvgIpc) is 2.54. The lowest BCUT2D eigenvalue weighted by molar-refractivity contribution is -0.0648. The molecule has 0 saturated heterocycles. The zero-order valence-electron chi connectivity index (χ0n) is 11.3. The molecule has 0 spiro atoms. The zero-order valence-corrected chi connectivity index (χ0v) is 11.3. The van der Waals surface area contributed by atoms with E-state index in [0.717, 1.165) is 25.9 Å². The summed E-state index contributed by atoms with van der Waals surface area (Å²) in [6.07, 6.45) is 2.50. The monoisotopic (exact) mass is 246 g/mol. The summed E-state index contributed by atoms with van der Waals surface area (Å²) >= 11 is 0. The van der Waals surface area contributed by atoms with Crippen LogP contribution in [0, 0.1) is 5.41 Å². The van der Waals surface area contributed by atoms with Gasteiger partial charge in [-0.15, -0.1) is 0 Å². The smallest absolute Gasteiger partial charge is 0.0852 e. The van der Waals surface area contributed by atoms with Crippen molar-refractivity contribution in [3.05, 3.63) is 0 Å². The van der Waals surface area contributed by atoms with Gasteiger partial charge in [-0.05, 0) is 24.7 Å². The second kappa shape index (κ2) is 7.31. The van der Waals surface area contributed by atoms with Crippen molar-refractivity contribution in [2.24, 2.45) is 5.41 Å². The van der Waals surface area contributed by atoms with E-state index in [-0.39, 0.29) is 17.6 Å². The van der Waals surface area contributed by atoms with E-state index in [0.29, 0.717) is 19.8 Å². The summed E-state index contributed by atoms with van der Waals surface area (Å²) in [4.78, 5) is 0. The van der Waals surface area contributed by atoms with Gasteiger partial charge in [-0.2, -0.15) is 0 Å². The highest BCUT2D eigenvalue weighted by Gasteiger charge is 2.41. The van der Waals surface area contributed by atoms with Crippen LogP contribution in [0.25, 0.3) is 0 Å². The molecule has 0 aromatic heterocycles. The van der Waals surface area contributed by atoms with Crippen LogP contribution in [0.3, 0.4) is 0 Å². The molecule has 0 aromatic carbocycles. The van der Waals surface area contributed by atoms with E-state index < -0.39 is 0 Å². The van der Waals surface area contributed by atoms with Crippen LogP contribution in [0.5, 0.6) is 0 Å². The summed E-state index contributed by atoms with van der Waals surface area (Å²) in [6, 6.07) is 0. The van der Waals surface area contributed by atoms with Gasteiger partial charge in [-0.25, -0.2) is 0 Å². The predicted octanol–water partition coefficient (Wildman–Crippen LogP) is 1.61. The SMILES string of the molecule is COCCCOCCOC1CCC(C)(C)C1O. The Bertz CT molecular complexity index is 206. The van der Waals surface area contributed by atoms with Crippen molar-refractivity contribution in [1.29, 1.82) is 0 Å². The highest BCUT2D eigenvalue weighted by molar-refractivity contribution is 4.91. The molecule has 4 nitrogen and oxygen atoms in total. The van der Waals surface area contributed by atoms with Gasteiger partial charge in [0.25, 0.3) is 0 Å². The maximum atomic E-state index is 10.0. The first-order valence-electron chi connectivity index (χ1n) is 6.44. The number of hydrogen-bond donors (Lipinski definition) is 1. The summed E-state index contributed by atoms with van der Waals surface area (Å²) in [7, 11) is 1.69. The average molecular weight is 246 g/mol. The van der Waals surface area contributed by atoms with E-state index in [1.54, 1.807) is 7.11 Å². The van der Waals surface area contributed by atoms with E-state index in [2.05, 4.69) is 13.8 Å². The summed E-state index contributed by atoms with van der Waals surface area (Å²) in [6.45, 7) is 6.76. The topological polar surface area (TPSA) is 47.9 Å². The molecular weight excluding hydrogens is 220 g/mol. The molecule has 0 aliphatic heterocycles. The Hall–Kier alpha value is -0.160. The first-order chi connectivity index (χ1) is 8.08. The lowest BCUT2D eigenvalue weighted by atomic mass is 9.89. The predicted molar refractivity (Wildman–Crippen MR) is 66.1 cm³/mol. The fourth-order valence-electron chi connectivity index (χ4n) is 2.16. The van der Waals surface area contributed by atoms with E-state index in [1.165, 1.54) is 0 Å². The van der Waals surface area contributed by atoms with Gasteiger partial charge in [-0.3, -0.25) is 0 Å². The highest BCUT2D eigenvalue weighted by atomic mass is 16.5. The van der Waals surface area contributed by atoms with E-state index >= 15 is 0 Å². The molecule has 2 unspecified atom stereocenters. The maximum Gasteiger partial charge on any atom is 0.0852 e. The zero-order chi connectivity index (χ0) is 12.7. The highest BCUT2D eigenvalue weighted by Crippen LogP contribution is 2.38. The van der Waals surface area contributed by atoms with Gasteiger partial charge < -0.3 is 19.3 Å². The third-order valence-corrected chi connectivity index (χ3v) is 3.42. The Morgan fingerprint density at radius 2 is 1.94 bits per heavy atom. The van der Waals surface area contributed by atoms with Crippen LogP contribution in [-0.2, 0) is 14.2 Å². The maximum absolute atomic E-state index is 10.0. The molecule has 1 fully saturated rings. The van der Waals surface area contributed by atoms with E-state index in [4.69, 9.17) is 14.2 Å². The number of aliphatic hydroxyl groups is 1. The number of hydrogen-bond acceptors (Lipinski definition) is 4. The molecule has 1 rings (SSSR count). The minimum Gasteiger partial charge on any atom is -0.390 e. The van der Waals surface area contributed by atoms with Crippen LogP contribution >= 0.6 is 0 Å². The van der Waals surface area contributed by atoms with Crippen LogP contribution < -0.4 is 0 Å². The number of rotatable bonds is 8. The van der Waals surface area contributed by atoms with Crippen molar-refractivity contribution in [1.82, 2.24) is 0 Å². The molecule has 1 saturated carbocycles. The first kappa shape index (κ1) is 14.9. The van der Waals surface area contributed by atoms with Gasteiger partial charge in [0.15, 0.2) is 0 Å². The third kappa shape index (κ3) is 4.92. The van der Waals surface area contributed by atoms with Gasteiger partial charge in [-0.1, -0.05) is 13.8 Å². The van der Waals surface area contributed by atoms with Gasteiger partial charge in [0.2, 0.25) is 0 Å². The Kier molecular flexibility index (Phi) is 6.41. The molecule has 4 heteroatoms. The molecule has 1 N–H and O–H groups in total. The van der Waals surface area contributed by atoms with Crippen LogP contribution in [-0.4, -0.2) is 50.9 Å². The lowest BCUT2D eigenvalue weighted by Gasteiger charge is -2.25. The van der Waals surface area contributed by atoms with Crippen molar-refractivity contribution in [2.75, 3.05) is 33.5 Å². The van der Waals surface area contributed by atoms with Crippen LogP contribution in [0.2, 0.25) is 0 Å². The van der Waals surface area contributed by atoms with Gasteiger partial charge in [0, 0.05) is 20.3 Å². The largest absolute Gasteiger partial charge is 0.390 e. The summed E-state index contributed by atoms with van der Waals surface area (Å²) < 4.78 is 16.0. The standard InChI is InChI=1S/C13H26O4/c1-13(2)6-5-11(12(13)14)17-10-9-16-8-4-7-15-3/h11-12,14H,4-10H2,1-3H3. The van der Waals surface area contributed by atoms with Crippen LogP contribution in [0.4, 0.5) is 0 Å². The molecule has 1 aliphatic rings. The van der Waals surface area contributed by atoms with E-state index in [9.17, 15) is 5.11 Å². The summed E-state index contributed by atoms with van der Waals surface area (Å²) in [5.41, 5.74) is -0.00993. The van der Waals surface area contributed by atoms with Gasteiger partial charge in [0.05, 0.1) is 25.4 Å². The molecule has 0 radical (unpaired) electrons. The number of methoxy groups -OCH3 is 1. The Balaban J connectivity index is 2.00. The van der Waals surface area contributed by atoms with Crippen molar-refractivity contribution in [3.63, 3.8) is 0 Å². The molecule has 17 heavy (non-hydrogen) atoms. The quantitative estimate of drug-likeness (QED) is 0.661. The Labute approximate surface area is 104 Å². The van der Waals surface area contributed by atoms with Crippen LogP contribution in [0.1, 0.15) is 33.1 Å². The number of aliphatic hydroxyl groups excluding tert-OH is 1. The number of ether oxygens (including phenoxy) is 3. The lowest BCUT2D eigenvalue weighted by Crippen LogP contribution is -2.33. The van der Waals surface area contributed by atoms with Crippen molar-refractivity contribution < 1.29 is 19.3 Å². The molecule has 2 atom stereocenters. The third-order valence-electron chi connectivity index (χ3n) is 3.42. The molecular formula is C13H26O4. The molecule has 0 bridgehead atoms. The van der Waals surface area contributed by atoms with E-state index in [1.807, 2.05) is 0 Å². The van der Waals surface area contributed by atoms with Gasteiger partial charge in [0.1, 0.15) is 0 Å². The molecule has 1 aliphatic carbocycles. The fraction of sp³-hybridized carbons (Fsp3) is 1.00. The van der Waals surface area contributed by atoms with Crippen LogP contribution in [0.15, 0.2) is 0 Å². The molecule has 0 amide bonds. The van der Waals surface area contributed by atoms with Crippen molar-refractivity contribution in [3.8, 4) is 0 Å². The second-order valence-corrected chi connectivity index (χ2v) is 5.34. The Morgan fingerprint density at radius 3 is 2.53 bits per heavy atom. The second-order valence-electron chi connectivity index (χ2n) is 5.34. The van der Waals surface area contributed by atoms with Crippen molar-refractivity contribution in [2.45, 2.75) is 45.3 Å². The summed E-state index contributed by atoms with van der Waals surface area (Å²) in [5, 5.41) is 10.0. The minimum absolute atomic E-state index is 0.00993. The summed E-state index contributed by atoms with van der Waals surface area (Å²) in [5.74, 6) is 0. The molecule has 102 valence electrons. The first-order valence-corrected chi connectivity index (χ1v) is 6.44. The molecule has 0 aromatic rings. The normalized spacial score (nSPS) is 27.5. The molecule has 0 heterocycles. The fourth-order valence-corrected chi connectivity index (χ4v) is 2.16. The van der Waals surface area contributed by atoms with Crippen molar-refractivity contribution >= 4 is 0 Å². The van der Waals surface area contributed by atoms with Gasteiger partial charge >= 0.3 is 0 Å². The Morgan fingerprint density at radius 1 is 1.18 bits per heavy atom.